The van der Waals surface area contributed by atoms with Crippen molar-refractivity contribution in [3.8, 4) is 5.75 Å². The van der Waals surface area contributed by atoms with Crippen molar-refractivity contribution in [2.24, 2.45) is 0 Å². The molecule has 1 N–H and O–H groups in total. The van der Waals surface area contributed by atoms with E-state index in [1.54, 1.807) is 31.2 Å². The maximum Gasteiger partial charge on any atom is 0.512 e. The van der Waals surface area contributed by atoms with Gasteiger partial charge < -0.3 is 19.3 Å². The van der Waals surface area contributed by atoms with Gasteiger partial charge in [0.25, 0.3) is 5.91 Å². The van der Waals surface area contributed by atoms with E-state index < -0.39 is 29.5 Å². The van der Waals surface area contributed by atoms with Crippen LogP contribution in [-0.4, -0.2) is 46.1 Å². The summed E-state index contributed by atoms with van der Waals surface area (Å²) in [5, 5.41) is 8.18. The van der Waals surface area contributed by atoms with Crippen LogP contribution in [0.3, 0.4) is 0 Å². The Labute approximate surface area is 141 Å². The predicted molar refractivity (Wildman–Crippen MR) is 81.9 cm³/mol. The normalized spacial score (nSPS) is 21.9. The molecule has 1 amide bonds. The third-order valence-corrected chi connectivity index (χ3v) is 4.58. The van der Waals surface area contributed by atoms with Crippen LogP contribution in [0.15, 0.2) is 41.1 Å². The number of allylic oxidation sites excluding steroid dienone is 1. The molecule has 2 atom stereocenters. The second kappa shape index (κ2) is 6.44. The minimum atomic E-state index is -1.50. The Morgan fingerprint density at radius 2 is 2.00 bits per heavy atom. The van der Waals surface area contributed by atoms with Crippen LogP contribution in [0, 0.1) is 0 Å². The van der Waals surface area contributed by atoms with Crippen molar-refractivity contribution in [1.29, 1.82) is 0 Å². The van der Waals surface area contributed by atoms with Gasteiger partial charge in [-0.15, -0.1) is 0 Å². The molecule has 0 bridgehead atoms. The molecule has 0 saturated carbocycles. The van der Waals surface area contributed by atoms with Gasteiger partial charge in [-0.25, -0.2) is 9.59 Å². The zero-order valence-corrected chi connectivity index (χ0v) is 13.3. The molecule has 1 saturated heterocycles. The molecule has 0 unspecified atom stereocenters. The molecule has 24 heavy (non-hydrogen) atoms. The lowest BCUT2D eigenvalue weighted by atomic mass is 10.1. The smallest absolute Gasteiger partial charge is 0.482 e. The van der Waals surface area contributed by atoms with E-state index in [1.807, 2.05) is 6.07 Å². The molecule has 0 aromatic heterocycles. The zero-order valence-electron chi connectivity index (χ0n) is 12.5. The first-order chi connectivity index (χ1) is 11.5. The number of β-lactam (4-membered cyclic amide) rings is 1. The summed E-state index contributed by atoms with van der Waals surface area (Å²) >= 11 is 1.21. The van der Waals surface area contributed by atoms with E-state index in [0.717, 1.165) is 0 Å². The average Bonchev–Trinajstić information content (AvgIpc) is 2.84. The molecular weight excluding hydrogens is 338 g/mol. The maximum atomic E-state index is 12.1. The summed E-state index contributed by atoms with van der Waals surface area (Å²) in [5.41, 5.74) is 0. The van der Waals surface area contributed by atoms with Crippen molar-refractivity contribution < 1.29 is 33.7 Å². The van der Waals surface area contributed by atoms with Crippen LogP contribution in [0.1, 0.15) is 6.92 Å². The van der Waals surface area contributed by atoms with Crippen LogP contribution in [0.5, 0.6) is 5.75 Å². The minimum Gasteiger partial charge on any atom is -0.482 e. The van der Waals surface area contributed by atoms with Crippen molar-refractivity contribution in [3.63, 3.8) is 0 Å². The Balaban J connectivity index is 1.54. The maximum absolute atomic E-state index is 12.1. The van der Waals surface area contributed by atoms with Gasteiger partial charge in [-0.2, -0.15) is 0 Å². The number of hydrogen-bond donors (Lipinski definition) is 1. The van der Waals surface area contributed by atoms with Crippen molar-refractivity contribution >= 4 is 29.8 Å². The standard InChI is InChI=1S/C15H13NO7S/c1-8-13(23-15(19)20)16-12(18)11(14(16)24-8)22-10(17)7-21-9-5-3-2-4-6-9/h2-6,11,14H,7H2,1H3,(H,19,20)/t11-,14+/m0/s1. The number of esters is 1. The largest absolute Gasteiger partial charge is 0.512 e. The second-order valence-electron chi connectivity index (χ2n) is 4.96. The molecule has 0 spiro atoms. The highest BCUT2D eigenvalue weighted by atomic mass is 32.2. The number of ether oxygens (including phenoxy) is 3. The van der Waals surface area contributed by atoms with Gasteiger partial charge in [0.15, 0.2) is 6.61 Å². The predicted octanol–water partition coefficient (Wildman–Crippen LogP) is 1.78. The van der Waals surface area contributed by atoms with E-state index in [2.05, 4.69) is 4.74 Å². The summed E-state index contributed by atoms with van der Waals surface area (Å²) in [6, 6.07) is 8.73. The lowest BCUT2D eigenvalue weighted by Gasteiger charge is -2.40. The van der Waals surface area contributed by atoms with Crippen molar-refractivity contribution in [1.82, 2.24) is 4.90 Å². The molecule has 1 fully saturated rings. The second-order valence-corrected chi connectivity index (χ2v) is 6.29. The van der Waals surface area contributed by atoms with Gasteiger partial charge in [0.1, 0.15) is 11.1 Å². The zero-order chi connectivity index (χ0) is 17.3. The van der Waals surface area contributed by atoms with Crippen LogP contribution in [0.25, 0.3) is 0 Å². The number of hydrogen-bond acceptors (Lipinski definition) is 7. The van der Waals surface area contributed by atoms with Gasteiger partial charge in [0.2, 0.25) is 12.0 Å². The molecule has 1 aromatic carbocycles. The van der Waals surface area contributed by atoms with Crippen LogP contribution < -0.4 is 4.74 Å². The Hall–Kier alpha value is -2.68. The first-order valence-electron chi connectivity index (χ1n) is 6.96. The van der Waals surface area contributed by atoms with Crippen LogP contribution in [0.2, 0.25) is 0 Å². The van der Waals surface area contributed by atoms with E-state index in [1.165, 1.54) is 16.7 Å². The monoisotopic (exact) mass is 351 g/mol. The number of carboxylic acid groups (broad SMARTS) is 1. The molecule has 9 heteroatoms. The number of benzene rings is 1. The number of para-hydroxylation sites is 1. The summed E-state index contributed by atoms with van der Waals surface area (Å²) in [6.45, 7) is 1.31. The quantitative estimate of drug-likeness (QED) is 0.632. The van der Waals surface area contributed by atoms with Crippen LogP contribution in [0.4, 0.5) is 4.79 Å². The number of carbonyl (C=O) groups is 3. The highest BCUT2D eigenvalue weighted by Crippen LogP contribution is 2.47. The fraction of sp³-hybridized carbons (Fsp3) is 0.267. The van der Waals surface area contributed by atoms with Crippen molar-refractivity contribution in [3.05, 3.63) is 41.1 Å². The van der Waals surface area contributed by atoms with Crippen molar-refractivity contribution in [2.75, 3.05) is 6.61 Å². The first-order valence-corrected chi connectivity index (χ1v) is 7.84. The summed E-state index contributed by atoms with van der Waals surface area (Å²) in [4.78, 5) is 36.3. The number of thioether (sulfide) groups is 1. The lowest BCUT2D eigenvalue weighted by Crippen LogP contribution is -2.62. The molecule has 0 radical (unpaired) electrons. The number of amides is 1. The third kappa shape index (κ3) is 3.02. The van der Waals surface area contributed by atoms with E-state index in [-0.39, 0.29) is 12.5 Å². The molecule has 3 rings (SSSR count). The molecule has 1 aromatic rings. The SMILES string of the molecule is CC1=C(OC(=O)O)N2C(=O)[C@H](OC(=O)COc3ccccc3)[C@H]2S1. The van der Waals surface area contributed by atoms with Gasteiger partial charge in [-0.1, -0.05) is 30.0 Å². The van der Waals surface area contributed by atoms with Gasteiger partial charge in [0, 0.05) is 4.91 Å². The number of rotatable bonds is 5. The molecule has 126 valence electrons. The van der Waals surface area contributed by atoms with E-state index in [4.69, 9.17) is 14.6 Å². The van der Waals surface area contributed by atoms with E-state index in [0.29, 0.717) is 10.7 Å². The van der Waals surface area contributed by atoms with E-state index in [9.17, 15) is 14.4 Å². The Bertz CT molecular complexity index is 718. The van der Waals surface area contributed by atoms with Gasteiger partial charge in [-0.3, -0.25) is 9.69 Å². The molecule has 2 heterocycles. The summed E-state index contributed by atoms with van der Waals surface area (Å²) in [7, 11) is 0. The Morgan fingerprint density at radius 3 is 2.67 bits per heavy atom. The van der Waals surface area contributed by atoms with Crippen LogP contribution >= 0.6 is 11.8 Å². The van der Waals surface area contributed by atoms with Gasteiger partial charge >= 0.3 is 12.1 Å². The van der Waals surface area contributed by atoms with E-state index >= 15 is 0 Å². The Kier molecular flexibility index (Phi) is 4.34. The third-order valence-electron chi connectivity index (χ3n) is 3.35. The minimum absolute atomic E-state index is 0.0321. The average molecular weight is 351 g/mol. The lowest BCUT2D eigenvalue weighted by molar-refractivity contribution is -0.176. The molecule has 2 aliphatic rings. The number of carbonyl (C=O) groups excluding carboxylic acids is 2. The first kappa shape index (κ1) is 16.2. The Morgan fingerprint density at radius 1 is 1.29 bits per heavy atom. The number of nitrogens with zero attached hydrogens (tertiary/aromatic N) is 1. The molecule has 2 aliphatic heterocycles. The van der Waals surface area contributed by atoms with Gasteiger partial charge in [0.05, 0.1) is 0 Å². The molecule has 0 aliphatic carbocycles. The fourth-order valence-electron chi connectivity index (χ4n) is 2.32. The summed E-state index contributed by atoms with van der Waals surface area (Å²) in [5.74, 6) is -0.715. The van der Waals surface area contributed by atoms with Crippen molar-refractivity contribution in [2.45, 2.75) is 18.4 Å². The molecule has 8 nitrogen and oxygen atoms in total. The highest BCUT2D eigenvalue weighted by molar-refractivity contribution is 8.04. The molecular formula is C15H13NO7S. The summed E-state index contributed by atoms with van der Waals surface area (Å²) < 4.78 is 15.0. The number of fused-ring (bicyclic) bond motifs is 1. The van der Waals surface area contributed by atoms with Crippen LogP contribution in [-0.2, 0) is 19.1 Å². The summed E-state index contributed by atoms with van der Waals surface area (Å²) in [6.07, 6.45) is -2.48. The topological polar surface area (TPSA) is 102 Å². The fourth-order valence-corrected chi connectivity index (χ4v) is 3.52. The highest BCUT2D eigenvalue weighted by Gasteiger charge is 2.57. The van der Waals surface area contributed by atoms with Gasteiger partial charge in [-0.05, 0) is 19.1 Å².